The van der Waals surface area contributed by atoms with Gasteiger partial charge in [-0.25, -0.2) is 4.83 Å². The van der Waals surface area contributed by atoms with Crippen molar-refractivity contribution in [2.75, 3.05) is 6.61 Å². The van der Waals surface area contributed by atoms with E-state index in [-0.39, 0.29) is 10.6 Å². The van der Waals surface area contributed by atoms with Gasteiger partial charge in [-0.15, -0.1) is 0 Å². The summed E-state index contributed by atoms with van der Waals surface area (Å²) in [5, 5.41) is 14.6. The van der Waals surface area contributed by atoms with Crippen LogP contribution < -0.4 is 9.57 Å². The zero-order valence-corrected chi connectivity index (χ0v) is 14.5. The summed E-state index contributed by atoms with van der Waals surface area (Å²) >= 11 is 0. The largest absolute Gasteiger partial charge is 0.494 e. The van der Waals surface area contributed by atoms with Crippen LogP contribution in [0.2, 0.25) is 0 Å². The lowest BCUT2D eigenvalue weighted by atomic mass is 10.2. The van der Waals surface area contributed by atoms with E-state index in [4.69, 9.17) is 4.74 Å². The summed E-state index contributed by atoms with van der Waals surface area (Å²) in [5.74, 6) is 0.701. The molecule has 0 saturated heterocycles. The van der Waals surface area contributed by atoms with Gasteiger partial charge in [-0.3, -0.25) is 10.1 Å². The second-order valence-electron chi connectivity index (χ2n) is 5.06. The Labute approximate surface area is 145 Å². The van der Waals surface area contributed by atoms with Crippen molar-refractivity contribution in [3.63, 3.8) is 0 Å². The van der Waals surface area contributed by atoms with Gasteiger partial charge < -0.3 is 4.74 Å². The number of aryl methyl sites for hydroxylation is 1. The maximum atomic E-state index is 12.2. The van der Waals surface area contributed by atoms with Crippen LogP contribution >= 0.6 is 0 Å². The van der Waals surface area contributed by atoms with Crippen molar-refractivity contribution in [3.8, 4) is 5.75 Å². The van der Waals surface area contributed by atoms with Gasteiger partial charge in [-0.05, 0) is 49.7 Å². The minimum atomic E-state index is -4.00. The van der Waals surface area contributed by atoms with Crippen molar-refractivity contribution in [3.05, 3.63) is 63.7 Å². The first-order valence-corrected chi connectivity index (χ1v) is 8.84. The molecule has 1 N–H and O–H groups in total. The van der Waals surface area contributed by atoms with E-state index in [1.807, 2.05) is 11.8 Å². The highest BCUT2D eigenvalue weighted by Crippen LogP contribution is 2.22. The van der Waals surface area contributed by atoms with Gasteiger partial charge in [-0.1, -0.05) is 6.07 Å². The summed E-state index contributed by atoms with van der Waals surface area (Å²) in [7, 11) is -4.00. The van der Waals surface area contributed by atoms with Gasteiger partial charge >= 0.3 is 0 Å². The number of nitro benzene ring substituents is 1. The summed E-state index contributed by atoms with van der Waals surface area (Å²) in [6, 6.07) is 10.6. The van der Waals surface area contributed by atoms with E-state index in [2.05, 4.69) is 5.10 Å². The molecule has 0 amide bonds. The number of ether oxygens (including phenoxy) is 1. The summed E-state index contributed by atoms with van der Waals surface area (Å²) in [6.07, 6.45) is 1.33. The van der Waals surface area contributed by atoms with Gasteiger partial charge in [0, 0.05) is 11.6 Å². The van der Waals surface area contributed by atoms with E-state index in [1.54, 1.807) is 24.3 Å². The molecule has 0 unspecified atom stereocenters. The van der Waals surface area contributed by atoms with E-state index in [0.717, 1.165) is 6.07 Å². The van der Waals surface area contributed by atoms with Gasteiger partial charge in [-0.2, -0.15) is 13.5 Å². The van der Waals surface area contributed by atoms with Crippen molar-refractivity contribution in [2.45, 2.75) is 18.7 Å². The van der Waals surface area contributed by atoms with Crippen molar-refractivity contribution in [1.29, 1.82) is 0 Å². The molecule has 0 saturated carbocycles. The lowest BCUT2D eigenvalue weighted by Crippen LogP contribution is -2.18. The van der Waals surface area contributed by atoms with E-state index in [0.29, 0.717) is 23.5 Å². The predicted octanol–water partition coefficient (Wildman–Crippen LogP) is 2.61. The van der Waals surface area contributed by atoms with Crippen LogP contribution in [0.5, 0.6) is 5.75 Å². The molecule has 132 valence electrons. The molecule has 0 aliphatic heterocycles. The summed E-state index contributed by atoms with van der Waals surface area (Å²) in [6.45, 7) is 3.96. The topological polar surface area (TPSA) is 111 Å². The Hall–Kier alpha value is -2.94. The monoisotopic (exact) mass is 363 g/mol. The standard InChI is InChI=1S/C16H17N3O5S/c1-3-24-14-7-5-13(6-8-14)11-17-18-25(22,23)15-9-4-12(2)16(10-15)19(20)21/h4-11,18H,3H2,1-2H3/b17-11-. The number of nitro groups is 1. The number of sulfonamides is 1. The molecule has 8 nitrogen and oxygen atoms in total. The van der Waals surface area contributed by atoms with Gasteiger partial charge in [0.15, 0.2) is 0 Å². The third-order valence-corrected chi connectivity index (χ3v) is 4.49. The van der Waals surface area contributed by atoms with Crippen LogP contribution in [-0.2, 0) is 10.0 Å². The predicted molar refractivity (Wildman–Crippen MR) is 93.4 cm³/mol. The van der Waals surface area contributed by atoms with Crippen molar-refractivity contribution in [1.82, 2.24) is 4.83 Å². The molecule has 25 heavy (non-hydrogen) atoms. The third kappa shape index (κ3) is 4.77. The first-order chi connectivity index (χ1) is 11.8. The van der Waals surface area contributed by atoms with Crippen LogP contribution in [-0.4, -0.2) is 26.2 Å². The average molecular weight is 363 g/mol. The number of nitrogens with one attached hydrogen (secondary N) is 1. The van der Waals surface area contributed by atoms with Gasteiger partial charge in [0.05, 0.1) is 22.6 Å². The maximum absolute atomic E-state index is 12.2. The van der Waals surface area contributed by atoms with Crippen molar-refractivity contribution < 1.29 is 18.1 Å². The number of benzene rings is 2. The van der Waals surface area contributed by atoms with Crippen LogP contribution in [0, 0.1) is 17.0 Å². The number of hydrogen-bond acceptors (Lipinski definition) is 6. The second-order valence-corrected chi connectivity index (χ2v) is 6.72. The number of rotatable bonds is 7. The normalized spacial score (nSPS) is 11.4. The quantitative estimate of drug-likeness (QED) is 0.462. The lowest BCUT2D eigenvalue weighted by Gasteiger charge is -2.05. The van der Waals surface area contributed by atoms with E-state index in [9.17, 15) is 18.5 Å². The van der Waals surface area contributed by atoms with E-state index in [1.165, 1.54) is 25.3 Å². The van der Waals surface area contributed by atoms with Crippen LogP contribution in [0.1, 0.15) is 18.1 Å². The minimum Gasteiger partial charge on any atom is -0.494 e. The third-order valence-electron chi connectivity index (χ3n) is 3.27. The summed E-state index contributed by atoms with van der Waals surface area (Å²) in [4.78, 5) is 12.1. The molecule has 0 fully saturated rings. The molecule has 2 rings (SSSR count). The van der Waals surface area contributed by atoms with Gasteiger partial charge in [0.25, 0.3) is 15.7 Å². The Morgan fingerprint density at radius 1 is 1.24 bits per heavy atom. The SMILES string of the molecule is CCOc1ccc(/C=N\NS(=O)(=O)c2ccc(C)c([N+](=O)[O-])c2)cc1. The summed E-state index contributed by atoms with van der Waals surface area (Å²) < 4.78 is 29.7. The molecule has 0 radical (unpaired) electrons. The molecule has 2 aromatic carbocycles. The van der Waals surface area contributed by atoms with Gasteiger partial charge in [0.1, 0.15) is 5.75 Å². The fourth-order valence-corrected chi connectivity index (χ4v) is 2.80. The van der Waals surface area contributed by atoms with Crippen LogP contribution in [0.15, 0.2) is 52.5 Å². The van der Waals surface area contributed by atoms with E-state index >= 15 is 0 Å². The first kappa shape index (κ1) is 18.4. The molecule has 2 aromatic rings. The van der Waals surface area contributed by atoms with E-state index < -0.39 is 14.9 Å². The molecular weight excluding hydrogens is 346 g/mol. The summed E-state index contributed by atoms with van der Waals surface area (Å²) in [5.41, 5.74) is 0.779. The molecule has 0 spiro atoms. The molecule has 0 bridgehead atoms. The average Bonchev–Trinajstić information content (AvgIpc) is 2.56. The molecule has 0 aromatic heterocycles. The fourth-order valence-electron chi connectivity index (χ4n) is 1.99. The minimum absolute atomic E-state index is 0.228. The number of nitrogens with zero attached hydrogens (tertiary/aromatic N) is 2. The molecule has 0 atom stereocenters. The molecular formula is C16H17N3O5S. The second kappa shape index (κ2) is 7.75. The Bertz CT molecular complexity index is 892. The van der Waals surface area contributed by atoms with Crippen LogP contribution in [0.25, 0.3) is 0 Å². The lowest BCUT2D eigenvalue weighted by molar-refractivity contribution is -0.385. The molecule has 0 heterocycles. The Balaban J connectivity index is 2.13. The van der Waals surface area contributed by atoms with Gasteiger partial charge in [0.2, 0.25) is 0 Å². The zero-order valence-electron chi connectivity index (χ0n) is 13.7. The Morgan fingerprint density at radius 3 is 2.52 bits per heavy atom. The fraction of sp³-hybridized carbons (Fsp3) is 0.188. The molecule has 0 aliphatic carbocycles. The highest BCUT2D eigenvalue weighted by Gasteiger charge is 2.19. The Kier molecular flexibility index (Phi) is 5.71. The molecule has 0 aliphatic rings. The highest BCUT2D eigenvalue weighted by molar-refractivity contribution is 7.89. The Morgan fingerprint density at radius 2 is 1.92 bits per heavy atom. The molecule has 9 heteroatoms. The van der Waals surface area contributed by atoms with Crippen LogP contribution in [0.3, 0.4) is 0 Å². The van der Waals surface area contributed by atoms with Crippen molar-refractivity contribution >= 4 is 21.9 Å². The first-order valence-electron chi connectivity index (χ1n) is 7.36. The highest BCUT2D eigenvalue weighted by atomic mass is 32.2. The number of hydrogen-bond donors (Lipinski definition) is 1. The maximum Gasteiger partial charge on any atom is 0.276 e. The number of hydrazone groups is 1. The van der Waals surface area contributed by atoms with Crippen LogP contribution in [0.4, 0.5) is 5.69 Å². The smallest absolute Gasteiger partial charge is 0.276 e. The zero-order chi connectivity index (χ0) is 18.4. The van der Waals surface area contributed by atoms with Crippen molar-refractivity contribution in [2.24, 2.45) is 5.10 Å².